The summed E-state index contributed by atoms with van der Waals surface area (Å²) in [5.74, 6) is 2.34. The van der Waals surface area contributed by atoms with Crippen LogP contribution in [0.15, 0.2) is 66.2 Å². The van der Waals surface area contributed by atoms with Crippen molar-refractivity contribution in [3.63, 3.8) is 0 Å². The van der Waals surface area contributed by atoms with Gasteiger partial charge in [-0.1, -0.05) is 12.1 Å². The lowest BCUT2D eigenvalue weighted by atomic mass is 10.1. The number of fused-ring (bicyclic) bond motifs is 2. The van der Waals surface area contributed by atoms with Gasteiger partial charge in [0.2, 0.25) is 0 Å². The number of carbonyl (C=O) groups excluding carboxylic acids is 1. The number of hydrogen-bond donors (Lipinski definition) is 1. The maximum atomic E-state index is 12.4. The minimum Gasteiger partial charge on any atom is -0.493 e. The van der Waals surface area contributed by atoms with Crippen LogP contribution in [0.1, 0.15) is 15.5 Å². The zero-order valence-corrected chi connectivity index (χ0v) is 19.6. The second-order valence-corrected chi connectivity index (χ2v) is 8.63. The van der Waals surface area contributed by atoms with Crippen molar-refractivity contribution in [2.45, 2.75) is 6.92 Å². The van der Waals surface area contributed by atoms with Gasteiger partial charge in [-0.25, -0.2) is 4.98 Å². The number of nitrogens with zero attached hydrogens (tertiary/aromatic N) is 2. The molecule has 2 aromatic heterocycles. The van der Waals surface area contributed by atoms with E-state index in [0.717, 1.165) is 26.7 Å². The standard InChI is InChI=1S/C26H21N3O4S/c1-15-28-22(14-34-15)26(30)29-18-6-4-17-11-19(7-5-16(17)10-18)33-23-8-9-27-21-13-25(32-3)24(31-2)12-20(21)23/h4-14H,1-3H3,(H,29,30). The molecule has 0 aliphatic carbocycles. The molecule has 0 atom stereocenters. The average Bonchev–Trinajstić information content (AvgIpc) is 3.30. The van der Waals surface area contributed by atoms with Gasteiger partial charge >= 0.3 is 0 Å². The predicted octanol–water partition coefficient (Wildman–Crippen LogP) is 6.21. The highest BCUT2D eigenvalue weighted by Crippen LogP contribution is 2.37. The molecule has 0 unspecified atom stereocenters. The number of amides is 1. The van der Waals surface area contributed by atoms with Crippen molar-refractivity contribution in [1.29, 1.82) is 0 Å². The summed E-state index contributed by atoms with van der Waals surface area (Å²) in [5.41, 5.74) is 1.87. The molecule has 0 spiro atoms. The maximum Gasteiger partial charge on any atom is 0.275 e. The van der Waals surface area contributed by atoms with E-state index in [1.165, 1.54) is 11.3 Å². The number of ether oxygens (including phenoxy) is 3. The molecule has 1 N–H and O–H groups in total. The van der Waals surface area contributed by atoms with Gasteiger partial charge in [-0.05, 0) is 54.1 Å². The van der Waals surface area contributed by atoms with Crippen LogP contribution in [0.2, 0.25) is 0 Å². The number of aromatic nitrogens is 2. The Hall–Kier alpha value is -4.17. The fourth-order valence-corrected chi connectivity index (χ4v) is 4.28. The van der Waals surface area contributed by atoms with Crippen LogP contribution in [0, 0.1) is 6.92 Å². The van der Waals surface area contributed by atoms with Crippen LogP contribution in [-0.4, -0.2) is 30.1 Å². The second-order valence-electron chi connectivity index (χ2n) is 7.57. The molecule has 0 aliphatic rings. The molecule has 0 fully saturated rings. The molecule has 170 valence electrons. The van der Waals surface area contributed by atoms with Crippen molar-refractivity contribution in [3.05, 3.63) is 76.9 Å². The van der Waals surface area contributed by atoms with Crippen LogP contribution in [-0.2, 0) is 0 Å². The van der Waals surface area contributed by atoms with Gasteiger partial charge in [0.05, 0.1) is 24.7 Å². The van der Waals surface area contributed by atoms with Gasteiger partial charge < -0.3 is 19.5 Å². The van der Waals surface area contributed by atoms with Gasteiger partial charge in [0, 0.05) is 28.7 Å². The molecule has 0 radical (unpaired) electrons. The topological polar surface area (TPSA) is 82.6 Å². The molecule has 7 nitrogen and oxygen atoms in total. The van der Waals surface area contributed by atoms with E-state index in [0.29, 0.717) is 34.4 Å². The van der Waals surface area contributed by atoms with E-state index >= 15 is 0 Å². The molecule has 0 saturated carbocycles. The number of pyridine rings is 1. The van der Waals surface area contributed by atoms with Gasteiger partial charge in [0.1, 0.15) is 17.2 Å². The minimum absolute atomic E-state index is 0.222. The van der Waals surface area contributed by atoms with E-state index in [-0.39, 0.29) is 5.91 Å². The Morgan fingerprint density at radius 1 is 0.912 bits per heavy atom. The number of benzene rings is 3. The number of rotatable bonds is 6. The van der Waals surface area contributed by atoms with Gasteiger partial charge in [-0.2, -0.15) is 0 Å². The highest BCUT2D eigenvalue weighted by molar-refractivity contribution is 7.09. The third-order valence-corrected chi connectivity index (χ3v) is 6.13. The fourth-order valence-electron chi connectivity index (χ4n) is 3.69. The van der Waals surface area contributed by atoms with Crippen LogP contribution < -0.4 is 19.5 Å². The van der Waals surface area contributed by atoms with E-state index in [4.69, 9.17) is 14.2 Å². The van der Waals surface area contributed by atoms with Crippen LogP contribution in [0.5, 0.6) is 23.0 Å². The molecule has 0 bridgehead atoms. The summed E-state index contributed by atoms with van der Waals surface area (Å²) in [6.07, 6.45) is 1.70. The minimum atomic E-state index is -0.222. The van der Waals surface area contributed by atoms with Crippen molar-refractivity contribution in [2.75, 3.05) is 19.5 Å². The first-order valence-corrected chi connectivity index (χ1v) is 11.4. The number of carbonyl (C=O) groups is 1. The Labute approximate surface area is 200 Å². The molecule has 2 heterocycles. The molecule has 3 aromatic carbocycles. The Morgan fingerprint density at radius 2 is 1.68 bits per heavy atom. The molecule has 5 aromatic rings. The van der Waals surface area contributed by atoms with Gasteiger partial charge in [-0.3, -0.25) is 9.78 Å². The summed E-state index contributed by atoms with van der Waals surface area (Å²) in [6.45, 7) is 1.87. The third-order valence-electron chi connectivity index (χ3n) is 5.36. The average molecular weight is 472 g/mol. The number of methoxy groups -OCH3 is 2. The SMILES string of the molecule is COc1cc2nccc(Oc3ccc4cc(NC(=O)c5csc(C)n5)ccc4c3)c2cc1OC. The van der Waals surface area contributed by atoms with Crippen molar-refractivity contribution in [2.24, 2.45) is 0 Å². The van der Waals surface area contributed by atoms with E-state index in [1.807, 2.05) is 61.5 Å². The van der Waals surface area contributed by atoms with E-state index in [1.54, 1.807) is 25.8 Å². The lowest BCUT2D eigenvalue weighted by Gasteiger charge is -2.13. The molecule has 1 amide bonds. The first kappa shape index (κ1) is 21.7. The van der Waals surface area contributed by atoms with Crippen molar-refractivity contribution in [1.82, 2.24) is 9.97 Å². The summed E-state index contributed by atoms with van der Waals surface area (Å²) >= 11 is 1.45. The Morgan fingerprint density at radius 3 is 2.44 bits per heavy atom. The molecular weight excluding hydrogens is 450 g/mol. The summed E-state index contributed by atoms with van der Waals surface area (Å²) in [6, 6.07) is 17.0. The monoisotopic (exact) mass is 471 g/mol. The summed E-state index contributed by atoms with van der Waals surface area (Å²) in [5, 5.41) is 8.29. The molecule has 5 rings (SSSR count). The fraction of sp³-hybridized carbons (Fsp3) is 0.115. The molecule has 8 heteroatoms. The quantitative estimate of drug-likeness (QED) is 0.317. The molecule has 0 saturated heterocycles. The van der Waals surface area contributed by atoms with Gasteiger partial charge in [-0.15, -0.1) is 11.3 Å². The number of aryl methyl sites for hydroxylation is 1. The molecular formula is C26H21N3O4S. The molecule has 0 aliphatic heterocycles. The van der Waals surface area contributed by atoms with E-state index < -0.39 is 0 Å². The zero-order valence-electron chi connectivity index (χ0n) is 18.8. The normalized spacial score (nSPS) is 10.9. The van der Waals surface area contributed by atoms with Crippen LogP contribution >= 0.6 is 11.3 Å². The number of nitrogens with one attached hydrogen (secondary N) is 1. The summed E-state index contributed by atoms with van der Waals surface area (Å²) in [7, 11) is 3.19. The van der Waals surface area contributed by atoms with E-state index in [2.05, 4.69) is 15.3 Å². The smallest absolute Gasteiger partial charge is 0.275 e. The first-order valence-electron chi connectivity index (χ1n) is 10.5. The lowest BCUT2D eigenvalue weighted by molar-refractivity contribution is 0.102. The zero-order chi connectivity index (χ0) is 23.7. The number of anilines is 1. The van der Waals surface area contributed by atoms with E-state index in [9.17, 15) is 4.79 Å². The second kappa shape index (κ2) is 8.99. The molecule has 34 heavy (non-hydrogen) atoms. The third kappa shape index (κ3) is 4.23. The van der Waals surface area contributed by atoms with Crippen LogP contribution in [0.4, 0.5) is 5.69 Å². The van der Waals surface area contributed by atoms with Crippen molar-refractivity contribution in [3.8, 4) is 23.0 Å². The van der Waals surface area contributed by atoms with Crippen molar-refractivity contribution >= 4 is 44.6 Å². The highest BCUT2D eigenvalue weighted by Gasteiger charge is 2.13. The van der Waals surface area contributed by atoms with Gasteiger partial charge in [0.25, 0.3) is 5.91 Å². The van der Waals surface area contributed by atoms with Gasteiger partial charge in [0.15, 0.2) is 11.5 Å². The Kier molecular flexibility index (Phi) is 5.73. The predicted molar refractivity (Wildman–Crippen MR) is 134 cm³/mol. The van der Waals surface area contributed by atoms with Crippen LogP contribution in [0.3, 0.4) is 0 Å². The largest absolute Gasteiger partial charge is 0.493 e. The summed E-state index contributed by atoms with van der Waals surface area (Å²) in [4.78, 5) is 21.1. The van der Waals surface area contributed by atoms with Crippen LogP contribution in [0.25, 0.3) is 21.7 Å². The Balaban J connectivity index is 1.41. The number of thiazole rings is 1. The maximum absolute atomic E-state index is 12.4. The summed E-state index contributed by atoms with van der Waals surface area (Å²) < 4.78 is 17.0. The Bertz CT molecular complexity index is 1530. The lowest BCUT2D eigenvalue weighted by Crippen LogP contribution is -2.12. The van der Waals surface area contributed by atoms with Crippen molar-refractivity contribution < 1.29 is 19.0 Å². The first-order chi connectivity index (χ1) is 16.5. The highest BCUT2D eigenvalue weighted by atomic mass is 32.1. The number of hydrogen-bond acceptors (Lipinski definition) is 7.